The molecular formula is C15H32N2O. The van der Waals surface area contributed by atoms with Gasteiger partial charge >= 0.3 is 0 Å². The zero-order chi connectivity index (χ0) is 13.3. The van der Waals surface area contributed by atoms with Gasteiger partial charge in [0, 0.05) is 25.7 Å². The first-order valence-corrected chi connectivity index (χ1v) is 7.77. The maximum absolute atomic E-state index is 5.84. The van der Waals surface area contributed by atoms with Crippen LogP contribution in [0.15, 0.2) is 0 Å². The first kappa shape index (κ1) is 15.9. The fraction of sp³-hybridized carbons (Fsp3) is 1.00. The van der Waals surface area contributed by atoms with Crippen LogP contribution in [0, 0.1) is 0 Å². The molecule has 1 rings (SSSR count). The molecule has 2 unspecified atom stereocenters. The Balaban J connectivity index is 2.09. The molecule has 0 bridgehead atoms. The van der Waals surface area contributed by atoms with E-state index in [1.807, 2.05) is 0 Å². The van der Waals surface area contributed by atoms with E-state index in [9.17, 15) is 0 Å². The van der Waals surface area contributed by atoms with Gasteiger partial charge in [-0.25, -0.2) is 0 Å². The molecule has 1 saturated heterocycles. The maximum atomic E-state index is 5.84. The molecule has 0 amide bonds. The Labute approximate surface area is 113 Å². The highest BCUT2D eigenvalue weighted by atomic mass is 16.5. The van der Waals surface area contributed by atoms with Crippen molar-refractivity contribution in [2.45, 2.75) is 76.9 Å². The highest BCUT2D eigenvalue weighted by molar-refractivity contribution is 4.84. The summed E-state index contributed by atoms with van der Waals surface area (Å²) in [5.74, 6) is 0. The monoisotopic (exact) mass is 256 g/mol. The second-order valence-corrected chi connectivity index (χ2v) is 5.92. The second-order valence-electron chi connectivity index (χ2n) is 5.92. The molecule has 108 valence electrons. The van der Waals surface area contributed by atoms with Gasteiger partial charge in [-0.3, -0.25) is 0 Å². The van der Waals surface area contributed by atoms with Gasteiger partial charge in [0.25, 0.3) is 0 Å². The van der Waals surface area contributed by atoms with Gasteiger partial charge in [0.1, 0.15) is 0 Å². The van der Waals surface area contributed by atoms with Gasteiger partial charge in [0.2, 0.25) is 0 Å². The van der Waals surface area contributed by atoms with Crippen LogP contribution in [0.4, 0.5) is 0 Å². The number of nitrogens with two attached hydrogens (primary N) is 1. The lowest BCUT2D eigenvalue weighted by Gasteiger charge is -2.27. The Hall–Kier alpha value is -0.120. The zero-order valence-corrected chi connectivity index (χ0v) is 12.3. The summed E-state index contributed by atoms with van der Waals surface area (Å²) in [7, 11) is 0. The molecule has 3 nitrogen and oxygen atoms in total. The van der Waals surface area contributed by atoms with Gasteiger partial charge in [-0.15, -0.1) is 0 Å². The average molecular weight is 256 g/mol. The molecule has 1 fully saturated rings. The largest absolute Gasteiger partial charge is 0.374 e. The van der Waals surface area contributed by atoms with Crippen LogP contribution in [0.3, 0.4) is 0 Å². The molecule has 18 heavy (non-hydrogen) atoms. The summed E-state index contributed by atoms with van der Waals surface area (Å²) < 4.78 is 5.79. The Kier molecular flexibility index (Phi) is 7.87. The lowest BCUT2D eigenvalue weighted by molar-refractivity contribution is 0.0187. The van der Waals surface area contributed by atoms with Crippen molar-refractivity contribution in [3.05, 3.63) is 0 Å². The van der Waals surface area contributed by atoms with Crippen molar-refractivity contribution in [1.82, 2.24) is 5.32 Å². The summed E-state index contributed by atoms with van der Waals surface area (Å²) in [5.41, 5.74) is 5.89. The van der Waals surface area contributed by atoms with E-state index in [1.165, 1.54) is 51.4 Å². The topological polar surface area (TPSA) is 47.3 Å². The molecule has 0 aromatic rings. The van der Waals surface area contributed by atoms with Crippen molar-refractivity contribution in [2.24, 2.45) is 5.73 Å². The van der Waals surface area contributed by atoms with Crippen LogP contribution in [0.2, 0.25) is 0 Å². The van der Waals surface area contributed by atoms with Gasteiger partial charge < -0.3 is 15.8 Å². The van der Waals surface area contributed by atoms with Crippen LogP contribution in [0.25, 0.3) is 0 Å². The fourth-order valence-corrected chi connectivity index (χ4v) is 2.63. The van der Waals surface area contributed by atoms with E-state index in [-0.39, 0.29) is 5.60 Å². The molecule has 0 saturated carbocycles. The van der Waals surface area contributed by atoms with Crippen molar-refractivity contribution in [3.63, 3.8) is 0 Å². The van der Waals surface area contributed by atoms with Crippen molar-refractivity contribution in [2.75, 3.05) is 19.7 Å². The molecule has 0 radical (unpaired) electrons. The van der Waals surface area contributed by atoms with E-state index in [1.54, 1.807) is 0 Å². The second kappa shape index (κ2) is 8.89. The standard InChI is InChI=1S/C15H32N2O/c1-3-4-5-6-7-9-14(12-16)17-13-15(2)10-8-11-18-15/h14,17H,3-13,16H2,1-2H3. The van der Waals surface area contributed by atoms with Crippen LogP contribution in [-0.4, -0.2) is 31.3 Å². The van der Waals surface area contributed by atoms with Crippen molar-refractivity contribution < 1.29 is 4.74 Å². The third kappa shape index (κ3) is 6.17. The molecular weight excluding hydrogens is 224 g/mol. The molecule has 3 heteroatoms. The Morgan fingerprint density at radius 2 is 2.06 bits per heavy atom. The summed E-state index contributed by atoms with van der Waals surface area (Å²) in [4.78, 5) is 0. The minimum absolute atomic E-state index is 0.0512. The molecule has 1 aliphatic heterocycles. The number of hydrogen-bond acceptors (Lipinski definition) is 3. The smallest absolute Gasteiger partial charge is 0.0779 e. The van der Waals surface area contributed by atoms with E-state index in [2.05, 4.69) is 19.2 Å². The normalized spacial score (nSPS) is 25.5. The molecule has 1 heterocycles. The van der Waals surface area contributed by atoms with E-state index in [0.29, 0.717) is 6.04 Å². The third-order valence-corrected chi connectivity index (χ3v) is 4.01. The molecule has 0 aromatic heterocycles. The number of unbranched alkanes of at least 4 members (excludes halogenated alkanes) is 4. The summed E-state index contributed by atoms with van der Waals surface area (Å²) in [6.07, 6.45) is 10.3. The van der Waals surface area contributed by atoms with E-state index >= 15 is 0 Å². The molecule has 3 N–H and O–H groups in total. The van der Waals surface area contributed by atoms with Gasteiger partial charge in [-0.2, -0.15) is 0 Å². The van der Waals surface area contributed by atoms with Crippen LogP contribution in [0.5, 0.6) is 0 Å². The predicted octanol–water partition coefficient (Wildman–Crippen LogP) is 2.83. The minimum atomic E-state index is 0.0512. The van der Waals surface area contributed by atoms with E-state index in [4.69, 9.17) is 10.5 Å². The van der Waals surface area contributed by atoms with Gasteiger partial charge in [-0.05, 0) is 26.2 Å². The lowest BCUT2D eigenvalue weighted by atomic mass is 10.0. The third-order valence-electron chi connectivity index (χ3n) is 4.01. The highest BCUT2D eigenvalue weighted by Crippen LogP contribution is 2.24. The van der Waals surface area contributed by atoms with Gasteiger partial charge in [-0.1, -0.05) is 39.0 Å². The SMILES string of the molecule is CCCCCCCC(CN)NCC1(C)CCCO1. The average Bonchev–Trinajstić information content (AvgIpc) is 2.80. The van der Waals surface area contributed by atoms with Crippen LogP contribution in [-0.2, 0) is 4.74 Å². The summed E-state index contributed by atoms with van der Waals surface area (Å²) in [5, 5.41) is 3.59. The predicted molar refractivity (Wildman–Crippen MR) is 77.8 cm³/mol. The van der Waals surface area contributed by atoms with Crippen LogP contribution < -0.4 is 11.1 Å². The van der Waals surface area contributed by atoms with Crippen LogP contribution >= 0.6 is 0 Å². The first-order chi connectivity index (χ1) is 8.70. The fourth-order valence-electron chi connectivity index (χ4n) is 2.63. The molecule has 0 aliphatic carbocycles. The lowest BCUT2D eigenvalue weighted by Crippen LogP contribution is -2.45. The highest BCUT2D eigenvalue weighted by Gasteiger charge is 2.29. The summed E-state index contributed by atoms with van der Waals surface area (Å²) in [6, 6.07) is 0.465. The Morgan fingerprint density at radius 1 is 1.28 bits per heavy atom. The number of nitrogens with one attached hydrogen (secondary N) is 1. The molecule has 0 aromatic carbocycles. The Morgan fingerprint density at radius 3 is 2.67 bits per heavy atom. The maximum Gasteiger partial charge on any atom is 0.0779 e. The van der Waals surface area contributed by atoms with E-state index < -0.39 is 0 Å². The molecule has 0 spiro atoms. The zero-order valence-electron chi connectivity index (χ0n) is 12.3. The van der Waals surface area contributed by atoms with E-state index in [0.717, 1.165) is 19.7 Å². The molecule has 2 atom stereocenters. The van der Waals surface area contributed by atoms with Crippen molar-refractivity contribution in [3.8, 4) is 0 Å². The first-order valence-electron chi connectivity index (χ1n) is 7.77. The van der Waals surface area contributed by atoms with Gasteiger partial charge in [0.15, 0.2) is 0 Å². The number of rotatable bonds is 10. The number of ether oxygens (including phenoxy) is 1. The van der Waals surface area contributed by atoms with Crippen molar-refractivity contribution >= 4 is 0 Å². The summed E-state index contributed by atoms with van der Waals surface area (Å²) in [6.45, 7) is 7.07. The van der Waals surface area contributed by atoms with Crippen molar-refractivity contribution in [1.29, 1.82) is 0 Å². The number of hydrogen-bond donors (Lipinski definition) is 2. The minimum Gasteiger partial charge on any atom is -0.374 e. The summed E-state index contributed by atoms with van der Waals surface area (Å²) >= 11 is 0. The van der Waals surface area contributed by atoms with Crippen LogP contribution in [0.1, 0.15) is 65.2 Å². The Bertz CT molecular complexity index is 203. The van der Waals surface area contributed by atoms with Gasteiger partial charge in [0.05, 0.1) is 5.60 Å². The quantitative estimate of drug-likeness (QED) is 0.591. The molecule has 1 aliphatic rings.